The zero-order chi connectivity index (χ0) is 26.3. The van der Waals surface area contributed by atoms with Crippen molar-refractivity contribution in [3.05, 3.63) is 48.2 Å². The van der Waals surface area contributed by atoms with Crippen molar-refractivity contribution in [3.8, 4) is 11.7 Å². The SMILES string of the molecule is CC(C)Oc1ccn(-c2ccc(C(=O)NS(=O)(=O)c3cccc(N)n3)c(N3CCC(C)C3(C)C)n2)n1. The fourth-order valence-electron chi connectivity index (χ4n) is 4.11. The van der Waals surface area contributed by atoms with Crippen LogP contribution in [0.3, 0.4) is 0 Å². The normalized spacial score (nSPS) is 17.4. The maximum absolute atomic E-state index is 13.3. The second-order valence-electron chi connectivity index (χ2n) is 9.64. The van der Waals surface area contributed by atoms with E-state index in [1.807, 2.05) is 18.7 Å². The zero-order valence-electron chi connectivity index (χ0n) is 21.0. The number of nitrogens with one attached hydrogen (secondary N) is 1. The Balaban J connectivity index is 1.74. The number of amides is 1. The van der Waals surface area contributed by atoms with Crippen molar-refractivity contribution in [2.45, 2.75) is 57.7 Å². The number of anilines is 2. The summed E-state index contributed by atoms with van der Waals surface area (Å²) in [5.74, 6) is 0.839. The first kappa shape index (κ1) is 25.4. The highest BCUT2D eigenvalue weighted by molar-refractivity contribution is 7.90. The van der Waals surface area contributed by atoms with Crippen LogP contribution in [-0.2, 0) is 10.0 Å². The second kappa shape index (κ2) is 9.41. The first-order chi connectivity index (χ1) is 16.9. The summed E-state index contributed by atoms with van der Waals surface area (Å²) in [5.41, 5.74) is 5.43. The van der Waals surface area contributed by atoms with E-state index in [2.05, 4.69) is 35.6 Å². The minimum absolute atomic E-state index is 0.0323. The Morgan fingerprint density at radius 2 is 1.94 bits per heavy atom. The number of hydrogen-bond donors (Lipinski definition) is 2. The molecule has 1 aliphatic rings. The number of pyridine rings is 2. The van der Waals surface area contributed by atoms with E-state index in [1.54, 1.807) is 29.1 Å². The average molecular weight is 514 g/mol. The molecule has 4 rings (SSSR count). The van der Waals surface area contributed by atoms with E-state index in [0.29, 0.717) is 30.0 Å². The van der Waals surface area contributed by atoms with E-state index in [4.69, 9.17) is 15.5 Å². The Morgan fingerprint density at radius 3 is 2.58 bits per heavy atom. The van der Waals surface area contributed by atoms with Gasteiger partial charge >= 0.3 is 0 Å². The molecule has 1 unspecified atom stereocenters. The van der Waals surface area contributed by atoms with Gasteiger partial charge in [0.05, 0.1) is 11.7 Å². The molecular weight excluding hydrogens is 482 g/mol. The number of ether oxygens (including phenoxy) is 1. The summed E-state index contributed by atoms with van der Waals surface area (Å²) in [6, 6.07) is 9.09. The molecule has 4 heterocycles. The molecule has 1 atom stereocenters. The molecule has 11 nitrogen and oxygen atoms in total. The van der Waals surface area contributed by atoms with Crippen LogP contribution < -0.4 is 20.1 Å². The van der Waals surface area contributed by atoms with Crippen molar-refractivity contribution in [2.75, 3.05) is 17.2 Å². The van der Waals surface area contributed by atoms with Gasteiger partial charge in [-0.25, -0.2) is 19.4 Å². The second-order valence-corrected chi connectivity index (χ2v) is 11.3. The third kappa shape index (κ3) is 4.99. The minimum Gasteiger partial charge on any atom is -0.474 e. The van der Waals surface area contributed by atoms with E-state index >= 15 is 0 Å². The summed E-state index contributed by atoms with van der Waals surface area (Å²) in [7, 11) is -4.25. The van der Waals surface area contributed by atoms with Crippen LogP contribution in [0.2, 0.25) is 0 Å². The van der Waals surface area contributed by atoms with E-state index < -0.39 is 15.9 Å². The summed E-state index contributed by atoms with van der Waals surface area (Å²) in [4.78, 5) is 23.9. The summed E-state index contributed by atoms with van der Waals surface area (Å²) in [5, 5.41) is 4.08. The van der Waals surface area contributed by atoms with Crippen molar-refractivity contribution < 1.29 is 17.9 Å². The highest BCUT2D eigenvalue weighted by Crippen LogP contribution is 2.39. The van der Waals surface area contributed by atoms with Crippen LogP contribution in [0, 0.1) is 5.92 Å². The number of aromatic nitrogens is 4. The number of hydrogen-bond acceptors (Lipinski definition) is 9. The molecule has 0 spiro atoms. The molecule has 0 aliphatic carbocycles. The Kier molecular flexibility index (Phi) is 6.65. The van der Waals surface area contributed by atoms with Crippen LogP contribution in [0.25, 0.3) is 5.82 Å². The predicted molar refractivity (Wildman–Crippen MR) is 136 cm³/mol. The van der Waals surface area contributed by atoms with E-state index in [1.165, 1.54) is 18.2 Å². The average Bonchev–Trinajstić information content (AvgIpc) is 3.36. The van der Waals surface area contributed by atoms with Gasteiger partial charge in [0, 0.05) is 24.3 Å². The molecule has 1 saturated heterocycles. The smallest absolute Gasteiger partial charge is 0.281 e. The van der Waals surface area contributed by atoms with Crippen LogP contribution >= 0.6 is 0 Å². The predicted octanol–water partition coefficient (Wildman–Crippen LogP) is 2.78. The van der Waals surface area contributed by atoms with Crippen LogP contribution in [0.15, 0.2) is 47.6 Å². The molecule has 0 bridgehead atoms. The number of nitrogens with zero attached hydrogens (tertiary/aromatic N) is 5. The van der Waals surface area contributed by atoms with E-state index in [9.17, 15) is 13.2 Å². The van der Waals surface area contributed by atoms with Gasteiger partial charge in [-0.15, -0.1) is 5.10 Å². The molecule has 1 amide bonds. The van der Waals surface area contributed by atoms with Gasteiger partial charge in [0.25, 0.3) is 15.9 Å². The maximum atomic E-state index is 13.3. The van der Waals surface area contributed by atoms with Gasteiger partial charge in [-0.3, -0.25) is 4.79 Å². The maximum Gasteiger partial charge on any atom is 0.281 e. The largest absolute Gasteiger partial charge is 0.474 e. The molecule has 1 aliphatic heterocycles. The summed E-state index contributed by atoms with van der Waals surface area (Å²) < 4.78 is 35.0. The lowest BCUT2D eigenvalue weighted by atomic mass is 9.90. The summed E-state index contributed by atoms with van der Waals surface area (Å²) >= 11 is 0. The zero-order valence-corrected chi connectivity index (χ0v) is 21.8. The molecule has 0 saturated carbocycles. The number of nitrogens with two attached hydrogens (primary N) is 1. The molecule has 36 heavy (non-hydrogen) atoms. The quantitative estimate of drug-likeness (QED) is 0.487. The third-order valence-electron chi connectivity index (χ3n) is 6.45. The molecule has 3 aromatic rings. The van der Waals surface area contributed by atoms with Crippen LogP contribution in [-0.4, -0.2) is 52.3 Å². The summed E-state index contributed by atoms with van der Waals surface area (Å²) in [6.45, 7) is 10.8. The molecule has 0 radical (unpaired) electrons. The van der Waals surface area contributed by atoms with Crippen LogP contribution in [0.4, 0.5) is 11.6 Å². The Bertz CT molecular complexity index is 1380. The molecular formula is C24H31N7O4S. The first-order valence-corrected chi connectivity index (χ1v) is 13.2. The molecule has 3 aromatic heterocycles. The standard InChI is InChI=1S/C24H31N7O4S/c1-15(2)35-20-12-14-31(28-20)19-10-9-17(22(27-19)30-13-11-16(3)24(30,4)5)23(32)29-36(33,34)21-8-6-7-18(25)26-21/h6-10,12,14-16H,11,13H2,1-5H3,(H2,25,26)(H,29,32). The fraction of sp³-hybridized carbons (Fsp3) is 0.417. The lowest BCUT2D eigenvalue weighted by molar-refractivity contribution is 0.0981. The van der Waals surface area contributed by atoms with Gasteiger partial charge in [0.15, 0.2) is 10.8 Å². The molecule has 192 valence electrons. The van der Waals surface area contributed by atoms with Crippen LogP contribution in [0.1, 0.15) is 51.4 Å². The highest BCUT2D eigenvalue weighted by Gasteiger charge is 2.41. The summed E-state index contributed by atoms with van der Waals surface area (Å²) in [6.07, 6.45) is 2.59. The van der Waals surface area contributed by atoms with Crippen molar-refractivity contribution in [2.24, 2.45) is 5.92 Å². The van der Waals surface area contributed by atoms with Gasteiger partial charge in [0.1, 0.15) is 11.6 Å². The molecule has 3 N–H and O–H groups in total. The van der Waals surface area contributed by atoms with Crippen molar-refractivity contribution >= 4 is 27.6 Å². The van der Waals surface area contributed by atoms with E-state index in [0.717, 1.165) is 6.42 Å². The number of carbonyl (C=O) groups is 1. The topological polar surface area (TPSA) is 145 Å². The molecule has 12 heteroatoms. The minimum atomic E-state index is -4.25. The molecule has 1 fully saturated rings. The first-order valence-electron chi connectivity index (χ1n) is 11.7. The van der Waals surface area contributed by atoms with Gasteiger partial charge in [-0.2, -0.15) is 8.42 Å². The Morgan fingerprint density at radius 1 is 1.19 bits per heavy atom. The third-order valence-corrected chi connectivity index (χ3v) is 7.68. The molecule has 0 aromatic carbocycles. The monoisotopic (exact) mass is 513 g/mol. The van der Waals surface area contributed by atoms with Crippen molar-refractivity contribution in [1.29, 1.82) is 0 Å². The Hall–Kier alpha value is -3.67. The number of carbonyl (C=O) groups excluding carboxylic acids is 1. The van der Waals surface area contributed by atoms with Gasteiger partial charge in [0.2, 0.25) is 5.88 Å². The lowest BCUT2D eigenvalue weighted by Gasteiger charge is -2.36. The number of rotatable bonds is 7. The van der Waals surface area contributed by atoms with Crippen molar-refractivity contribution in [1.82, 2.24) is 24.5 Å². The Labute approximate surface area is 210 Å². The van der Waals surface area contributed by atoms with E-state index in [-0.39, 0.29) is 28.1 Å². The highest BCUT2D eigenvalue weighted by atomic mass is 32.2. The number of nitrogen functional groups attached to an aromatic ring is 1. The fourth-order valence-corrected chi connectivity index (χ4v) is 5.05. The van der Waals surface area contributed by atoms with Gasteiger partial charge in [-0.1, -0.05) is 13.0 Å². The van der Waals surface area contributed by atoms with Crippen LogP contribution in [0.5, 0.6) is 5.88 Å². The van der Waals surface area contributed by atoms with Gasteiger partial charge < -0.3 is 15.4 Å². The van der Waals surface area contributed by atoms with Gasteiger partial charge in [-0.05, 0) is 64.3 Å². The number of sulfonamides is 1. The van der Waals surface area contributed by atoms with Crippen molar-refractivity contribution in [3.63, 3.8) is 0 Å². The lowest BCUT2D eigenvalue weighted by Crippen LogP contribution is -2.44.